The Morgan fingerprint density at radius 3 is 2.84 bits per heavy atom. The van der Waals surface area contributed by atoms with Crippen LogP contribution in [-0.2, 0) is 13.0 Å². The number of nitrogens with one attached hydrogen (secondary N) is 2. The van der Waals surface area contributed by atoms with Crippen LogP contribution in [0, 0.1) is 5.92 Å². The first-order valence-electron chi connectivity index (χ1n) is 8.46. The van der Waals surface area contributed by atoms with E-state index in [1.807, 2.05) is 49.3 Å². The number of fused-ring (bicyclic) bond motifs is 1. The molecule has 0 aliphatic carbocycles. The molecule has 0 saturated heterocycles. The van der Waals surface area contributed by atoms with Gasteiger partial charge in [0.25, 0.3) is 0 Å². The Hall–Kier alpha value is -2.76. The Kier molecular flexibility index (Phi) is 5.38. The lowest BCUT2D eigenvalue weighted by atomic mass is 9.97. The van der Waals surface area contributed by atoms with E-state index in [0.717, 1.165) is 23.6 Å². The van der Waals surface area contributed by atoms with E-state index >= 15 is 0 Å². The van der Waals surface area contributed by atoms with Gasteiger partial charge in [-0.25, -0.2) is 9.78 Å². The topological polar surface area (TPSA) is 66.5 Å². The summed E-state index contributed by atoms with van der Waals surface area (Å²) in [4.78, 5) is 18.3. The van der Waals surface area contributed by atoms with E-state index in [1.54, 1.807) is 6.20 Å². The van der Waals surface area contributed by atoms with Gasteiger partial charge in [-0.05, 0) is 29.7 Å². The van der Waals surface area contributed by atoms with E-state index in [2.05, 4.69) is 21.7 Å². The number of benzene rings is 1. The first-order chi connectivity index (χ1) is 12.1. The van der Waals surface area contributed by atoms with Gasteiger partial charge in [-0.2, -0.15) is 0 Å². The number of hydrogen-bond acceptors (Lipinski definition) is 4. The average molecular weight is 340 g/mol. The highest BCUT2D eigenvalue weighted by molar-refractivity contribution is 5.73. The smallest absolute Gasteiger partial charge is 0.315 e. The van der Waals surface area contributed by atoms with E-state index in [9.17, 15) is 4.79 Å². The Bertz CT molecular complexity index is 716. The van der Waals surface area contributed by atoms with Crippen molar-refractivity contribution in [1.82, 2.24) is 15.6 Å². The van der Waals surface area contributed by atoms with Crippen LogP contribution in [0.3, 0.4) is 0 Å². The van der Waals surface area contributed by atoms with Crippen LogP contribution in [0.15, 0.2) is 42.6 Å². The van der Waals surface area contributed by atoms with Crippen molar-refractivity contribution in [2.24, 2.45) is 5.92 Å². The minimum Gasteiger partial charge on any atom is -0.493 e. The summed E-state index contributed by atoms with van der Waals surface area (Å²) in [6, 6.07) is 11.8. The van der Waals surface area contributed by atoms with Gasteiger partial charge in [0, 0.05) is 39.3 Å². The molecule has 2 heterocycles. The van der Waals surface area contributed by atoms with Gasteiger partial charge in [-0.1, -0.05) is 24.3 Å². The van der Waals surface area contributed by atoms with Gasteiger partial charge in [-0.3, -0.25) is 0 Å². The molecular formula is C19H24N4O2. The standard InChI is InChI=1S/C19H24N4O2/c1-23(2)18-8-7-14(10-20-18)11-21-19(24)22-12-15-9-16-5-3-4-6-17(16)25-13-15/h3-8,10,15H,9,11-13H2,1-2H3,(H2,21,22,24)/t15-/m1/s1. The van der Waals surface area contributed by atoms with Crippen LogP contribution < -0.4 is 20.3 Å². The van der Waals surface area contributed by atoms with E-state index in [4.69, 9.17) is 4.74 Å². The lowest BCUT2D eigenvalue weighted by Crippen LogP contribution is -2.40. The number of carbonyl (C=O) groups excluding carboxylic acids is 1. The Balaban J connectivity index is 1.41. The fourth-order valence-electron chi connectivity index (χ4n) is 2.79. The molecule has 6 heteroatoms. The molecule has 1 atom stereocenters. The van der Waals surface area contributed by atoms with Gasteiger partial charge in [0.2, 0.25) is 0 Å². The Morgan fingerprint density at radius 2 is 2.08 bits per heavy atom. The molecule has 132 valence electrons. The minimum atomic E-state index is -0.171. The van der Waals surface area contributed by atoms with Gasteiger partial charge >= 0.3 is 6.03 Å². The number of ether oxygens (including phenoxy) is 1. The number of aromatic nitrogens is 1. The predicted octanol–water partition coefficient (Wildman–Crippen LogP) is 2.20. The van der Waals surface area contributed by atoms with Crippen LogP contribution in [0.5, 0.6) is 5.75 Å². The van der Waals surface area contributed by atoms with Crippen molar-refractivity contribution in [2.45, 2.75) is 13.0 Å². The first-order valence-corrected chi connectivity index (χ1v) is 8.46. The van der Waals surface area contributed by atoms with Crippen LogP contribution in [0.1, 0.15) is 11.1 Å². The van der Waals surface area contributed by atoms with Crippen molar-refractivity contribution in [3.05, 3.63) is 53.7 Å². The van der Waals surface area contributed by atoms with Gasteiger partial charge in [0.1, 0.15) is 11.6 Å². The molecule has 2 N–H and O–H groups in total. The van der Waals surface area contributed by atoms with Gasteiger partial charge < -0.3 is 20.3 Å². The molecule has 1 aromatic heterocycles. The number of pyridine rings is 1. The van der Waals surface area contributed by atoms with E-state index in [-0.39, 0.29) is 6.03 Å². The maximum atomic E-state index is 12.0. The number of carbonyl (C=O) groups is 1. The molecule has 0 radical (unpaired) electrons. The maximum Gasteiger partial charge on any atom is 0.315 e. The number of amides is 2. The van der Waals surface area contributed by atoms with Crippen LogP contribution in [0.2, 0.25) is 0 Å². The number of anilines is 1. The second-order valence-corrected chi connectivity index (χ2v) is 6.47. The molecule has 2 aromatic rings. The molecular weight excluding hydrogens is 316 g/mol. The quantitative estimate of drug-likeness (QED) is 0.876. The van der Waals surface area contributed by atoms with Crippen molar-refractivity contribution < 1.29 is 9.53 Å². The summed E-state index contributed by atoms with van der Waals surface area (Å²) in [7, 11) is 3.89. The molecule has 1 aromatic carbocycles. The van der Waals surface area contributed by atoms with Crippen molar-refractivity contribution in [2.75, 3.05) is 32.1 Å². The van der Waals surface area contributed by atoms with Gasteiger partial charge in [0.05, 0.1) is 6.61 Å². The summed E-state index contributed by atoms with van der Waals surface area (Å²) in [6.07, 6.45) is 2.70. The van der Waals surface area contributed by atoms with Crippen molar-refractivity contribution in [3.63, 3.8) is 0 Å². The van der Waals surface area contributed by atoms with Crippen LogP contribution in [-0.4, -0.2) is 38.3 Å². The Labute approximate surface area is 148 Å². The molecule has 1 aliphatic rings. The molecule has 0 fully saturated rings. The summed E-state index contributed by atoms with van der Waals surface area (Å²) in [5, 5.41) is 5.79. The third kappa shape index (κ3) is 4.62. The van der Waals surface area contributed by atoms with Crippen molar-refractivity contribution in [3.8, 4) is 5.75 Å². The lowest BCUT2D eigenvalue weighted by molar-refractivity contribution is 0.211. The number of urea groups is 1. The molecule has 0 bridgehead atoms. The molecule has 0 unspecified atom stereocenters. The van der Waals surface area contributed by atoms with E-state index in [1.165, 1.54) is 5.56 Å². The molecule has 1 aliphatic heterocycles. The molecule has 3 rings (SSSR count). The first kappa shape index (κ1) is 17.1. The number of rotatable bonds is 5. The number of nitrogens with zero attached hydrogens (tertiary/aromatic N) is 2. The monoisotopic (exact) mass is 340 g/mol. The largest absolute Gasteiger partial charge is 0.493 e. The summed E-state index contributed by atoms with van der Waals surface area (Å²) in [5.41, 5.74) is 2.17. The lowest BCUT2D eigenvalue weighted by Gasteiger charge is -2.25. The van der Waals surface area contributed by atoms with Crippen LogP contribution in [0.25, 0.3) is 0 Å². The summed E-state index contributed by atoms with van der Waals surface area (Å²) < 4.78 is 5.74. The van der Waals surface area contributed by atoms with Crippen LogP contribution in [0.4, 0.5) is 10.6 Å². The maximum absolute atomic E-state index is 12.0. The second kappa shape index (κ2) is 7.88. The van der Waals surface area contributed by atoms with Gasteiger partial charge in [0.15, 0.2) is 0 Å². The highest BCUT2D eigenvalue weighted by Gasteiger charge is 2.19. The van der Waals surface area contributed by atoms with Crippen LogP contribution >= 0.6 is 0 Å². The molecule has 0 spiro atoms. The second-order valence-electron chi connectivity index (χ2n) is 6.47. The highest BCUT2D eigenvalue weighted by atomic mass is 16.5. The molecule has 0 saturated carbocycles. The summed E-state index contributed by atoms with van der Waals surface area (Å²) in [6.45, 7) is 1.68. The zero-order valence-electron chi connectivity index (χ0n) is 14.7. The third-order valence-corrected chi connectivity index (χ3v) is 4.23. The average Bonchev–Trinajstić information content (AvgIpc) is 2.65. The highest BCUT2D eigenvalue weighted by Crippen LogP contribution is 2.26. The molecule has 25 heavy (non-hydrogen) atoms. The van der Waals surface area contributed by atoms with E-state index in [0.29, 0.717) is 25.6 Å². The summed E-state index contributed by atoms with van der Waals surface area (Å²) in [5.74, 6) is 2.14. The van der Waals surface area contributed by atoms with Crippen molar-refractivity contribution >= 4 is 11.8 Å². The minimum absolute atomic E-state index is 0.171. The number of para-hydroxylation sites is 1. The fraction of sp³-hybridized carbons (Fsp3) is 0.368. The predicted molar refractivity (Wildman–Crippen MR) is 97.9 cm³/mol. The Morgan fingerprint density at radius 1 is 1.24 bits per heavy atom. The van der Waals surface area contributed by atoms with Crippen molar-refractivity contribution in [1.29, 1.82) is 0 Å². The van der Waals surface area contributed by atoms with Gasteiger partial charge in [-0.15, -0.1) is 0 Å². The molecule has 6 nitrogen and oxygen atoms in total. The zero-order chi connectivity index (χ0) is 17.6. The normalized spacial score (nSPS) is 15.7. The third-order valence-electron chi connectivity index (χ3n) is 4.23. The van der Waals surface area contributed by atoms with E-state index < -0.39 is 0 Å². The molecule has 2 amide bonds. The zero-order valence-corrected chi connectivity index (χ0v) is 14.7. The SMILES string of the molecule is CN(C)c1ccc(CNC(=O)NC[C@@H]2COc3ccccc3C2)cn1. The fourth-order valence-corrected chi connectivity index (χ4v) is 2.79. The number of hydrogen-bond donors (Lipinski definition) is 2. The summed E-state index contributed by atoms with van der Waals surface area (Å²) >= 11 is 0.